The first kappa shape index (κ1) is 22.3. The van der Waals surface area contributed by atoms with Crippen molar-refractivity contribution in [3.05, 3.63) is 46.6 Å². The zero-order valence-corrected chi connectivity index (χ0v) is 18.6. The van der Waals surface area contributed by atoms with E-state index in [2.05, 4.69) is 10.3 Å². The number of amides is 2. The summed E-state index contributed by atoms with van der Waals surface area (Å²) in [6, 6.07) is 3.68. The highest BCUT2D eigenvalue weighted by molar-refractivity contribution is 7.17. The number of pyridine rings is 1. The number of nitrogen functional groups attached to an aromatic ring is 1. The van der Waals surface area contributed by atoms with E-state index < -0.39 is 0 Å². The van der Waals surface area contributed by atoms with E-state index in [1.807, 2.05) is 12.1 Å². The highest BCUT2D eigenvalue weighted by Crippen LogP contribution is 2.41. The highest BCUT2D eigenvalue weighted by atomic mass is 32.1. The van der Waals surface area contributed by atoms with Gasteiger partial charge in [0.05, 0.1) is 18.4 Å². The molecule has 2 aromatic heterocycles. The number of aliphatic hydroxyl groups excluding tert-OH is 1. The maximum absolute atomic E-state index is 12.3. The summed E-state index contributed by atoms with van der Waals surface area (Å²) in [5.74, 6) is -0.00908. The van der Waals surface area contributed by atoms with E-state index in [4.69, 9.17) is 10.5 Å². The molecule has 4 rings (SSSR count). The Morgan fingerprint density at radius 2 is 2.16 bits per heavy atom. The van der Waals surface area contributed by atoms with Gasteiger partial charge in [0.15, 0.2) is 0 Å². The van der Waals surface area contributed by atoms with Gasteiger partial charge in [-0.3, -0.25) is 9.78 Å². The van der Waals surface area contributed by atoms with Crippen LogP contribution in [0, 0.1) is 5.92 Å². The van der Waals surface area contributed by atoms with Crippen molar-refractivity contribution >= 4 is 40.1 Å². The average Bonchev–Trinajstić information content (AvgIpc) is 3.11. The normalized spacial score (nSPS) is 19.0. The molecule has 2 aliphatic rings. The quantitative estimate of drug-likeness (QED) is 0.595. The first-order valence-corrected chi connectivity index (χ1v) is 11.7. The van der Waals surface area contributed by atoms with Crippen molar-refractivity contribution < 1.29 is 19.4 Å². The van der Waals surface area contributed by atoms with Crippen LogP contribution >= 0.6 is 11.3 Å². The van der Waals surface area contributed by atoms with E-state index in [0.29, 0.717) is 43.2 Å². The zero-order chi connectivity index (χ0) is 22.5. The zero-order valence-electron chi connectivity index (χ0n) is 17.8. The lowest BCUT2D eigenvalue weighted by atomic mass is 9.89. The number of likely N-dealkylation sites (tertiary alicyclic amines) is 1. The smallest absolute Gasteiger partial charge is 0.409 e. The highest BCUT2D eigenvalue weighted by Gasteiger charge is 2.27. The van der Waals surface area contributed by atoms with Crippen molar-refractivity contribution in [2.24, 2.45) is 5.92 Å². The molecule has 1 aliphatic carbocycles. The molecule has 9 heteroatoms. The van der Waals surface area contributed by atoms with Crippen molar-refractivity contribution in [2.75, 3.05) is 30.7 Å². The summed E-state index contributed by atoms with van der Waals surface area (Å²) in [6.07, 6.45) is 9.58. The third kappa shape index (κ3) is 5.46. The molecule has 0 unspecified atom stereocenters. The monoisotopic (exact) mass is 456 g/mol. The molecule has 0 saturated carbocycles. The predicted octanol–water partition coefficient (Wildman–Crippen LogP) is 3.08. The largest absolute Gasteiger partial charge is 0.449 e. The summed E-state index contributed by atoms with van der Waals surface area (Å²) in [7, 11) is 0. The molecule has 3 heterocycles. The number of piperidine rings is 1. The molecule has 2 amide bonds. The fraction of sp³-hybridized carbons (Fsp3) is 0.435. The Morgan fingerprint density at radius 3 is 2.91 bits per heavy atom. The van der Waals surface area contributed by atoms with Crippen LogP contribution < -0.4 is 11.1 Å². The van der Waals surface area contributed by atoms with Gasteiger partial charge in [0.25, 0.3) is 0 Å². The number of carbonyl (C=O) groups is 2. The van der Waals surface area contributed by atoms with E-state index in [9.17, 15) is 14.7 Å². The fourth-order valence-electron chi connectivity index (χ4n) is 4.04. The summed E-state index contributed by atoms with van der Waals surface area (Å²) in [5.41, 5.74) is 8.88. The molecule has 0 radical (unpaired) electrons. The van der Waals surface area contributed by atoms with Gasteiger partial charge in [-0.2, -0.15) is 0 Å². The summed E-state index contributed by atoms with van der Waals surface area (Å²) in [6.45, 7) is 1.44. The van der Waals surface area contributed by atoms with Crippen molar-refractivity contribution in [2.45, 2.75) is 38.2 Å². The lowest BCUT2D eigenvalue weighted by Crippen LogP contribution is -2.41. The van der Waals surface area contributed by atoms with Gasteiger partial charge in [-0.25, -0.2) is 4.79 Å². The third-order valence-electron chi connectivity index (χ3n) is 5.92. The molecule has 4 N–H and O–H groups in total. The second-order valence-corrected chi connectivity index (χ2v) is 9.36. The van der Waals surface area contributed by atoms with Crippen LogP contribution in [0.15, 0.2) is 30.6 Å². The summed E-state index contributed by atoms with van der Waals surface area (Å²) >= 11 is 1.50. The van der Waals surface area contributed by atoms with Crippen LogP contribution in [0.3, 0.4) is 0 Å². The number of anilines is 2. The SMILES string of the molecule is Nc1c(NC(=O)/C=C/c2cccnc2)sc2c1CC[C@@H](COC(=O)N1CCC(O)CC1)C2. The molecular formula is C23H28N4O4S. The first-order chi connectivity index (χ1) is 15.5. The number of fused-ring (bicyclic) bond motifs is 1. The van der Waals surface area contributed by atoms with E-state index in [1.54, 1.807) is 23.4 Å². The van der Waals surface area contributed by atoms with E-state index in [0.717, 1.165) is 35.3 Å². The lowest BCUT2D eigenvalue weighted by Gasteiger charge is -2.30. The number of nitrogens with one attached hydrogen (secondary N) is 1. The summed E-state index contributed by atoms with van der Waals surface area (Å²) in [4.78, 5) is 31.4. The van der Waals surface area contributed by atoms with Crippen molar-refractivity contribution in [3.8, 4) is 0 Å². The van der Waals surface area contributed by atoms with Gasteiger partial charge >= 0.3 is 6.09 Å². The molecule has 2 aromatic rings. The van der Waals surface area contributed by atoms with Crippen LogP contribution in [0.4, 0.5) is 15.5 Å². The Kier molecular flexibility index (Phi) is 7.06. The van der Waals surface area contributed by atoms with Gasteiger partial charge in [0.1, 0.15) is 5.00 Å². The number of hydrogen-bond acceptors (Lipinski definition) is 7. The minimum atomic E-state index is -0.319. The maximum atomic E-state index is 12.3. The van der Waals surface area contributed by atoms with Crippen LogP contribution in [0.5, 0.6) is 0 Å². The number of hydrogen-bond donors (Lipinski definition) is 3. The van der Waals surface area contributed by atoms with Gasteiger partial charge in [0.2, 0.25) is 5.91 Å². The Bertz CT molecular complexity index is 983. The minimum Gasteiger partial charge on any atom is -0.449 e. The molecule has 32 heavy (non-hydrogen) atoms. The Labute approximate surface area is 191 Å². The predicted molar refractivity (Wildman–Crippen MR) is 124 cm³/mol. The lowest BCUT2D eigenvalue weighted by molar-refractivity contribution is -0.111. The van der Waals surface area contributed by atoms with Gasteiger partial charge in [-0.1, -0.05) is 6.07 Å². The number of ether oxygens (including phenoxy) is 1. The number of nitrogens with two attached hydrogens (primary N) is 1. The minimum absolute atomic E-state index is 0.230. The van der Waals surface area contributed by atoms with Crippen molar-refractivity contribution in [3.63, 3.8) is 0 Å². The van der Waals surface area contributed by atoms with Crippen LogP contribution in [0.1, 0.15) is 35.3 Å². The van der Waals surface area contributed by atoms with Gasteiger partial charge in [0, 0.05) is 36.4 Å². The molecule has 8 nitrogen and oxygen atoms in total. The Hall–Kier alpha value is -2.91. The fourth-order valence-corrected chi connectivity index (χ4v) is 5.33. The Morgan fingerprint density at radius 1 is 1.34 bits per heavy atom. The molecule has 0 spiro atoms. The molecule has 1 fully saturated rings. The van der Waals surface area contributed by atoms with Crippen LogP contribution in [-0.4, -0.2) is 52.8 Å². The Balaban J connectivity index is 1.30. The average molecular weight is 457 g/mol. The number of aromatic nitrogens is 1. The third-order valence-corrected chi connectivity index (χ3v) is 7.11. The van der Waals surface area contributed by atoms with E-state index in [-0.39, 0.29) is 24.0 Å². The topological polar surface area (TPSA) is 118 Å². The van der Waals surface area contributed by atoms with Crippen LogP contribution in [0.2, 0.25) is 0 Å². The van der Waals surface area contributed by atoms with E-state index in [1.165, 1.54) is 17.4 Å². The molecule has 0 bridgehead atoms. The van der Waals surface area contributed by atoms with Crippen LogP contribution in [0.25, 0.3) is 6.08 Å². The van der Waals surface area contributed by atoms with Gasteiger partial charge < -0.3 is 25.8 Å². The van der Waals surface area contributed by atoms with Crippen molar-refractivity contribution in [1.82, 2.24) is 9.88 Å². The first-order valence-electron chi connectivity index (χ1n) is 10.9. The molecule has 1 saturated heterocycles. The number of thiophene rings is 1. The summed E-state index contributed by atoms with van der Waals surface area (Å²) < 4.78 is 5.54. The maximum Gasteiger partial charge on any atom is 0.409 e. The van der Waals surface area contributed by atoms with Gasteiger partial charge in [-0.15, -0.1) is 11.3 Å². The van der Waals surface area contributed by atoms with Crippen molar-refractivity contribution in [1.29, 1.82) is 0 Å². The molecule has 170 valence electrons. The number of nitrogens with zero attached hydrogens (tertiary/aromatic N) is 2. The summed E-state index contributed by atoms with van der Waals surface area (Å²) in [5, 5.41) is 13.1. The van der Waals surface area contributed by atoms with Gasteiger partial charge in [-0.05, 0) is 61.3 Å². The second kappa shape index (κ2) is 10.1. The number of rotatable bonds is 5. The molecule has 1 aliphatic heterocycles. The number of carbonyl (C=O) groups excluding carboxylic acids is 2. The molecule has 1 atom stereocenters. The molecule has 0 aromatic carbocycles. The molecular weight excluding hydrogens is 428 g/mol. The standard InChI is InChI=1S/C23H28N4O4S/c24-21-18-5-3-16(14-31-23(30)27-10-7-17(28)8-11-27)12-19(18)32-22(21)26-20(29)6-4-15-2-1-9-25-13-15/h1-2,4,6,9,13,16-17,28H,3,5,7-8,10-12,14,24H2,(H,26,29)/b6-4+/t16-/m1/s1. The second-order valence-electron chi connectivity index (χ2n) is 8.26. The van der Waals surface area contributed by atoms with E-state index >= 15 is 0 Å². The van der Waals surface area contributed by atoms with Crippen LogP contribution in [-0.2, 0) is 22.4 Å². The number of aliphatic hydroxyl groups is 1.